The van der Waals surface area contributed by atoms with Gasteiger partial charge in [0.2, 0.25) is 0 Å². The Balaban J connectivity index is 0.669. The van der Waals surface area contributed by atoms with Gasteiger partial charge >= 0.3 is 5.97 Å². The van der Waals surface area contributed by atoms with Gasteiger partial charge in [-0.15, -0.1) is 0 Å². The topological polar surface area (TPSA) is 196 Å². The van der Waals surface area contributed by atoms with Gasteiger partial charge in [-0.25, -0.2) is 0 Å². The molecule has 16 heterocycles. The summed E-state index contributed by atoms with van der Waals surface area (Å²) < 4.78 is 103. The van der Waals surface area contributed by atoms with Crippen molar-refractivity contribution in [2.75, 3.05) is 6.61 Å². The highest BCUT2D eigenvalue weighted by Crippen LogP contribution is 2.58. The van der Waals surface area contributed by atoms with Crippen molar-refractivity contribution in [2.45, 2.75) is 301 Å². The second-order valence-corrected chi connectivity index (χ2v) is 26.7. The van der Waals surface area contributed by atoms with Crippen molar-refractivity contribution in [1.29, 1.82) is 0 Å². The SMILES string of the molecule is C=C1C[C@@H]2CC[C@@]34CC5O[C@H]6[C@@H](O3)[C@H]3O[C@H](CC[C@@H]3O[C@H]6C5O4)CC(=O)O[C@@H]3[C@@H](C)[C@@H]4O[C@@H]5C[C@]6(C[C@@H]7O[C@]8(C[C@H](C)[C@@H]9O[C@H](CO)[C@H](O)C[C@@H]9O8)C[C@H](C)[C@@H]7O6)O[C@@H]5C[C@@H]4O[C@H]3C[C@H]3O[C@@H](CC[C@@H]1O2)C[C@@H](C)C3=C. The summed E-state index contributed by atoms with van der Waals surface area (Å²) in [7, 11) is 0. The van der Waals surface area contributed by atoms with E-state index in [9.17, 15) is 15.0 Å². The number of esters is 1. The number of aliphatic hydroxyl groups is 2. The standard InChI is InChI=1S/C58H82O18/c1-25-13-31-7-9-35-26(2)14-33(62-35)11-12-56-22-43-52(75-56)53-54(68-43)55(76-56)51-36(66-53)10-8-32(64-51)15-46(61)70-50-30(6)49-40(65-39(50)17-37(63-31)29(25)5)18-38-42(67-49)21-58(71-38)23-44-48(74-58)28(4)20-57(73-44)19-27(3)47-41(72-57)16-34(60)45(24-59)69-47/h25,27-28,30-45,47-55,59-60H,2,5,7-24H2,1,3-4,6H3/t25-,27+,28+,30+,31+,32-,33+,34-,35+,36+,37-,38-,39+,40+,41+,42-,43?,44+,45-,47+,48+,49+,50-,51+,52?,53+,54-,55+,56+,57-,58+/m1/s1. The summed E-state index contributed by atoms with van der Waals surface area (Å²) in [6, 6.07) is 0. The molecule has 18 nitrogen and oxygen atoms in total. The molecule has 3 spiro atoms. The molecular formula is C58H82O18. The van der Waals surface area contributed by atoms with Gasteiger partial charge in [0.25, 0.3) is 0 Å². The zero-order valence-corrected chi connectivity index (χ0v) is 44.7. The minimum atomic E-state index is -0.911. The van der Waals surface area contributed by atoms with Gasteiger partial charge in [0.15, 0.2) is 17.4 Å². The van der Waals surface area contributed by atoms with Crippen LogP contribution in [0.4, 0.5) is 0 Å². The first kappa shape index (κ1) is 51.2. The lowest BCUT2D eigenvalue weighted by Gasteiger charge is -2.54. The molecule has 422 valence electrons. The smallest absolute Gasteiger partial charge is 0.308 e. The van der Waals surface area contributed by atoms with Crippen molar-refractivity contribution >= 4 is 5.97 Å². The summed E-state index contributed by atoms with van der Waals surface area (Å²) in [5.74, 6) is -2.71. The molecule has 31 atom stereocenters. The third-order valence-electron chi connectivity index (χ3n) is 21.4. The molecule has 0 aromatic rings. The van der Waals surface area contributed by atoms with Crippen LogP contribution in [0.15, 0.2) is 24.3 Å². The number of aliphatic hydroxyl groups excluding tert-OH is 2. The number of fused-ring (bicyclic) bond motifs is 10. The summed E-state index contributed by atoms with van der Waals surface area (Å²) in [5, 5.41) is 20.6. The molecule has 16 saturated heterocycles. The van der Waals surface area contributed by atoms with Crippen LogP contribution in [0.1, 0.15) is 137 Å². The Labute approximate surface area is 446 Å². The lowest BCUT2D eigenvalue weighted by Crippen LogP contribution is -2.62. The molecule has 76 heavy (non-hydrogen) atoms. The average Bonchev–Trinajstić information content (AvgIpc) is 4.36. The molecule has 0 radical (unpaired) electrons. The minimum Gasteiger partial charge on any atom is -0.459 e. The zero-order chi connectivity index (χ0) is 51.7. The molecule has 16 aliphatic heterocycles. The maximum absolute atomic E-state index is 14.5. The zero-order valence-electron chi connectivity index (χ0n) is 44.7. The van der Waals surface area contributed by atoms with Crippen molar-refractivity contribution in [3.05, 3.63) is 24.3 Å². The normalized spacial score (nSPS) is 59.3. The van der Waals surface area contributed by atoms with E-state index in [1.54, 1.807) is 0 Å². The first-order valence-electron chi connectivity index (χ1n) is 29.7. The van der Waals surface area contributed by atoms with Gasteiger partial charge in [-0.1, -0.05) is 40.9 Å². The highest BCUT2D eigenvalue weighted by Gasteiger charge is 2.70. The van der Waals surface area contributed by atoms with Gasteiger partial charge in [-0.05, 0) is 73.8 Å². The van der Waals surface area contributed by atoms with Gasteiger partial charge in [-0.2, -0.15) is 0 Å². The van der Waals surface area contributed by atoms with E-state index in [4.69, 9.17) is 71.1 Å². The minimum absolute atomic E-state index is 0.0127. The number of rotatable bonds is 1. The van der Waals surface area contributed by atoms with E-state index in [1.807, 2.05) is 0 Å². The highest BCUT2D eigenvalue weighted by molar-refractivity contribution is 5.70. The number of ether oxygens (including phenoxy) is 15. The molecule has 12 bridgehead atoms. The van der Waals surface area contributed by atoms with Crippen LogP contribution in [0.5, 0.6) is 0 Å². The summed E-state index contributed by atoms with van der Waals surface area (Å²) in [6.07, 6.45) is 3.22. The molecule has 16 fully saturated rings. The van der Waals surface area contributed by atoms with E-state index in [0.29, 0.717) is 64.2 Å². The fourth-order valence-corrected chi connectivity index (χ4v) is 17.8. The molecule has 0 aromatic carbocycles. The molecule has 0 saturated carbocycles. The Bertz CT molecular complexity index is 2270. The van der Waals surface area contributed by atoms with Crippen molar-refractivity contribution in [2.24, 2.45) is 23.7 Å². The number of hydrogen-bond acceptors (Lipinski definition) is 18. The summed E-state index contributed by atoms with van der Waals surface area (Å²) in [4.78, 5) is 14.5. The van der Waals surface area contributed by atoms with Gasteiger partial charge in [0.05, 0.1) is 117 Å². The largest absolute Gasteiger partial charge is 0.459 e. The van der Waals surface area contributed by atoms with E-state index < -0.39 is 60.1 Å². The molecule has 16 aliphatic rings. The highest BCUT2D eigenvalue weighted by atomic mass is 16.8. The third-order valence-corrected chi connectivity index (χ3v) is 21.4. The fraction of sp³-hybridized carbons (Fsp3) is 0.914. The third kappa shape index (κ3) is 8.56. The summed E-state index contributed by atoms with van der Waals surface area (Å²) in [5.41, 5.74) is 2.16. The Morgan fingerprint density at radius 3 is 2.01 bits per heavy atom. The second kappa shape index (κ2) is 18.9. The molecule has 0 aromatic heterocycles. The quantitative estimate of drug-likeness (QED) is 0.258. The van der Waals surface area contributed by atoms with Crippen molar-refractivity contribution in [1.82, 2.24) is 0 Å². The Morgan fingerprint density at radius 2 is 1.16 bits per heavy atom. The molecule has 0 aliphatic carbocycles. The Morgan fingerprint density at radius 1 is 0.487 bits per heavy atom. The molecular weight excluding hydrogens is 985 g/mol. The van der Waals surface area contributed by atoms with Crippen LogP contribution in [0.25, 0.3) is 0 Å². The summed E-state index contributed by atoms with van der Waals surface area (Å²) >= 11 is 0. The second-order valence-electron chi connectivity index (χ2n) is 26.7. The van der Waals surface area contributed by atoms with Crippen LogP contribution >= 0.6 is 0 Å². The maximum atomic E-state index is 14.5. The lowest BCUT2D eigenvalue weighted by molar-refractivity contribution is -0.371. The molecule has 2 N–H and O–H groups in total. The van der Waals surface area contributed by atoms with E-state index in [-0.39, 0.29) is 146 Å². The molecule has 16 rings (SSSR count). The van der Waals surface area contributed by atoms with Crippen LogP contribution in [0.2, 0.25) is 0 Å². The monoisotopic (exact) mass is 1070 g/mol. The van der Waals surface area contributed by atoms with Crippen molar-refractivity contribution in [3.8, 4) is 0 Å². The predicted molar refractivity (Wildman–Crippen MR) is 263 cm³/mol. The molecule has 18 heteroatoms. The van der Waals surface area contributed by atoms with E-state index >= 15 is 0 Å². The van der Waals surface area contributed by atoms with Crippen LogP contribution in [-0.2, 0) is 75.8 Å². The van der Waals surface area contributed by atoms with Crippen molar-refractivity contribution in [3.63, 3.8) is 0 Å². The van der Waals surface area contributed by atoms with Gasteiger partial charge in [0, 0.05) is 63.7 Å². The van der Waals surface area contributed by atoms with Crippen LogP contribution in [0.3, 0.4) is 0 Å². The Hall–Kier alpha value is -1.69. The molecule has 0 amide bonds. The number of hydrogen-bond donors (Lipinski definition) is 2. The maximum Gasteiger partial charge on any atom is 0.308 e. The number of carbonyl (C=O) groups is 1. The lowest BCUT2D eigenvalue weighted by atomic mass is 9.78. The predicted octanol–water partition coefficient (Wildman–Crippen LogP) is 5.17. The van der Waals surface area contributed by atoms with Crippen LogP contribution < -0.4 is 0 Å². The first-order chi connectivity index (χ1) is 36.6. The van der Waals surface area contributed by atoms with Gasteiger partial charge < -0.3 is 81.3 Å². The van der Waals surface area contributed by atoms with Crippen LogP contribution in [0, 0.1) is 23.7 Å². The van der Waals surface area contributed by atoms with Crippen molar-refractivity contribution < 1.29 is 86.1 Å². The fourth-order valence-electron chi connectivity index (χ4n) is 17.8. The first-order valence-corrected chi connectivity index (χ1v) is 29.7. The van der Waals surface area contributed by atoms with Crippen LogP contribution in [-0.4, -0.2) is 187 Å². The summed E-state index contributed by atoms with van der Waals surface area (Å²) in [6.45, 7) is 17.6. The van der Waals surface area contributed by atoms with Gasteiger partial charge in [-0.3, -0.25) is 4.79 Å². The molecule has 2 unspecified atom stereocenters. The van der Waals surface area contributed by atoms with E-state index in [1.165, 1.54) is 0 Å². The van der Waals surface area contributed by atoms with E-state index in [0.717, 1.165) is 49.7 Å². The Kier molecular flexibility index (Phi) is 12.8. The van der Waals surface area contributed by atoms with E-state index in [2.05, 4.69) is 40.9 Å². The average molecular weight is 1070 g/mol. The van der Waals surface area contributed by atoms with Gasteiger partial charge in [0.1, 0.15) is 42.7 Å². The number of carbonyl (C=O) groups excluding carboxylic acids is 1.